The lowest BCUT2D eigenvalue weighted by Gasteiger charge is -2.09. The molecule has 0 aliphatic rings. The van der Waals surface area contributed by atoms with E-state index in [2.05, 4.69) is 14.7 Å². The third kappa shape index (κ3) is 4.67. The van der Waals surface area contributed by atoms with Crippen LogP contribution >= 0.6 is 23.5 Å². The van der Waals surface area contributed by atoms with Crippen LogP contribution in [0.1, 0.15) is 10.4 Å². The Labute approximate surface area is 214 Å². The van der Waals surface area contributed by atoms with Crippen molar-refractivity contribution in [1.82, 2.24) is 13.9 Å². The lowest BCUT2D eigenvalue weighted by Crippen LogP contribution is -2.03. The highest BCUT2D eigenvalue weighted by molar-refractivity contribution is 7.98. The molecule has 0 atom stereocenters. The number of esters is 1. The van der Waals surface area contributed by atoms with Gasteiger partial charge in [0.15, 0.2) is 5.65 Å². The number of alkyl halides is 2. The molecule has 5 rings (SSSR count). The minimum Gasteiger partial charge on any atom is -0.465 e. The van der Waals surface area contributed by atoms with Crippen LogP contribution in [-0.2, 0) is 4.74 Å². The predicted molar refractivity (Wildman–Crippen MR) is 136 cm³/mol. The number of aromatic amines is 1. The number of H-pyrrole nitrogens is 1. The molecule has 36 heavy (non-hydrogen) atoms. The van der Waals surface area contributed by atoms with Gasteiger partial charge in [0.25, 0.3) is 0 Å². The Balaban J connectivity index is 1.58. The number of carbonyl (C=O) groups is 1. The highest BCUT2D eigenvalue weighted by atomic mass is 35.5. The van der Waals surface area contributed by atoms with E-state index in [-0.39, 0.29) is 16.3 Å². The van der Waals surface area contributed by atoms with Gasteiger partial charge in [-0.2, -0.15) is 8.78 Å². The zero-order chi connectivity index (χ0) is 25.2. The third-order valence-electron chi connectivity index (χ3n) is 5.45. The van der Waals surface area contributed by atoms with Crippen LogP contribution in [0.25, 0.3) is 33.5 Å². The molecule has 0 aliphatic carbocycles. The summed E-state index contributed by atoms with van der Waals surface area (Å²) in [5.74, 6) is -0.655. The Morgan fingerprint density at radius 3 is 2.61 bits per heavy atom. The normalized spacial score (nSPS) is 11.2. The predicted octanol–water partition coefficient (Wildman–Crippen LogP) is 7.30. The van der Waals surface area contributed by atoms with E-state index in [1.807, 2.05) is 52.6 Å². The SMILES string of the molecule is COC(=O)c1cc(-c2ccnc3c2ccn3Sc2ccccc2)[nH]c1-c1ccc(OC(F)F)cc1Cl. The van der Waals surface area contributed by atoms with Gasteiger partial charge in [-0.1, -0.05) is 29.8 Å². The molecule has 10 heteroatoms. The monoisotopic (exact) mass is 525 g/mol. The summed E-state index contributed by atoms with van der Waals surface area (Å²) >= 11 is 7.92. The van der Waals surface area contributed by atoms with E-state index >= 15 is 0 Å². The molecule has 0 aliphatic heterocycles. The number of nitrogens with zero attached hydrogens (tertiary/aromatic N) is 2. The maximum atomic E-state index is 12.6. The van der Waals surface area contributed by atoms with E-state index in [0.29, 0.717) is 17.0 Å². The summed E-state index contributed by atoms with van der Waals surface area (Å²) in [6.07, 6.45) is 3.63. The average Bonchev–Trinajstić information content (AvgIpc) is 3.49. The second-order valence-electron chi connectivity index (χ2n) is 7.63. The van der Waals surface area contributed by atoms with Crippen LogP contribution in [0.15, 0.2) is 84.0 Å². The molecule has 0 saturated heterocycles. The van der Waals surface area contributed by atoms with Gasteiger partial charge >= 0.3 is 12.6 Å². The van der Waals surface area contributed by atoms with Gasteiger partial charge in [-0.05, 0) is 60.5 Å². The number of rotatable bonds is 7. The molecule has 0 saturated carbocycles. The van der Waals surface area contributed by atoms with Crippen molar-refractivity contribution < 1.29 is 23.0 Å². The molecule has 0 radical (unpaired) electrons. The molecule has 0 bridgehead atoms. The molecule has 5 aromatic rings. The third-order valence-corrected chi connectivity index (χ3v) is 6.74. The smallest absolute Gasteiger partial charge is 0.387 e. The molecule has 1 N–H and O–H groups in total. The number of nitrogens with one attached hydrogen (secondary N) is 1. The Hall–Kier alpha value is -3.82. The summed E-state index contributed by atoms with van der Waals surface area (Å²) in [6.45, 7) is -2.98. The first-order valence-corrected chi connectivity index (χ1v) is 11.9. The number of hydrogen-bond donors (Lipinski definition) is 1. The fourth-order valence-electron chi connectivity index (χ4n) is 3.88. The number of fused-ring (bicyclic) bond motifs is 1. The standard InChI is InChI=1S/C26H18ClF2N3O3S/c1-34-25(33)20-14-22(31-23(20)19-8-7-15(13-21(19)27)35-26(28)29)17-9-11-30-24-18(17)10-12-32(24)36-16-5-3-2-4-6-16/h2-14,26,31H,1H3. The molecular weight excluding hydrogens is 508 g/mol. The molecule has 0 fully saturated rings. The van der Waals surface area contributed by atoms with E-state index in [9.17, 15) is 13.6 Å². The van der Waals surface area contributed by atoms with Gasteiger partial charge < -0.3 is 14.5 Å². The molecular formula is C26H18ClF2N3O3S. The van der Waals surface area contributed by atoms with Crippen molar-refractivity contribution in [3.8, 4) is 28.3 Å². The van der Waals surface area contributed by atoms with E-state index in [4.69, 9.17) is 16.3 Å². The summed E-state index contributed by atoms with van der Waals surface area (Å²) in [7, 11) is 1.28. The quantitative estimate of drug-likeness (QED) is 0.226. The minimum atomic E-state index is -2.98. The first-order valence-electron chi connectivity index (χ1n) is 10.7. The summed E-state index contributed by atoms with van der Waals surface area (Å²) in [5, 5.41) is 1.01. The second kappa shape index (κ2) is 10.0. The maximum Gasteiger partial charge on any atom is 0.387 e. The number of carbonyl (C=O) groups excluding carboxylic acids is 1. The first-order chi connectivity index (χ1) is 17.4. The van der Waals surface area contributed by atoms with E-state index in [0.717, 1.165) is 21.5 Å². The molecule has 182 valence electrons. The van der Waals surface area contributed by atoms with Crippen LogP contribution in [-0.4, -0.2) is 33.6 Å². The van der Waals surface area contributed by atoms with Gasteiger partial charge in [0.2, 0.25) is 0 Å². The highest BCUT2D eigenvalue weighted by Crippen LogP contribution is 2.38. The number of aromatic nitrogens is 3. The number of halogens is 3. The summed E-state index contributed by atoms with van der Waals surface area (Å²) in [4.78, 5) is 21.5. The number of ether oxygens (including phenoxy) is 2. The van der Waals surface area contributed by atoms with E-state index in [1.54, 1.807) is 12.3 Å². The van der Waals surface area contributed by atoms with Crippen molar-refractivity contribution in [1.29, 1.82) is 0 Å². The summed E-state index contributed by atoms with van der Waals surface area (Å²) in [5.41, 5.74) is 3.30. The zero-order valence-corrected chi connectivity index (χ0v) is 20.3. The molecule has 3 aromatic heterocycles. The Bertz CT molecular complexity index is 1550. The van der Waals surface area contributed by atoms with Crippen LogP contribution in [0.2, 0.25) is 5.02 Å². The van der Waals surface area contributed by atoms with Gasteiger partial charge in [-0.15, -0.1) is 0 Å². The van der Waals surface area contributed by atoms with E-state index in [1.165, 1.54) is 37.3 Å². The number of pyridine rings is 1. The van der Waals surface area contributed by atoms with Crippen molar-refractivity contribution in [2.45, 2.75) is 11.5 Å². The van der Waals surface area contributed by atoms with E-state index < -0.39 is 12.6 Å². The Kier molecular flexibility index (Phi) is 6.67. The van der Waals surface area contributed by atoms with Crippen LogP contribution in [0.4, 0.5) is 8.78 Å². The van der Waals surface area contributed by atoms with Crippen molar-refractivity contribution in [3.63, 3.8) is 0 Å². The van der Waals surface area contributed by atoms with Crippen LogP contribution in [0.5, 0.6) is 5.75 Å². The van der Waals surface area contributed by atoms with Crippen LogP contribution in [0.3, 0.4) is 0 Å². The zero-order valence-electron chi connectivity index (χ0n) is 18.7. The van der Waals surface area contributed by atoms with Crippen LogP contribution in [0, 0.1) is 0 Å². The van der Waals surface area contributed by atoms with Crippen molar-refractivity contribution in [2.24, 2.45) is 0 Å². The fraction of sp³-hybridized carbons (Fsp3) is 0.0769. The van der Waals surface area contributed by atoms with Gasteiger partial charge in [0.05, 0.1) is 23.4 Å². The average molecular weight is 526 g/mol. The van der Waals surface area contributed by atoms with Crippen molar-refractivity contribution >= 4 is 40.6 Å². The Morgan fingerprint density at radius 1 is 1.08 bits per heavy atom. The van der Waals surface area contributed by atoms with Gasteiger partial charge in [0.1, 0.15) is 5.75 Å². The van der Waals surface area contributed by atoms with Crippen molar-refractivity contribution in [3.05, 3.63) is 89.7 Å². The number of hydrogen-bond acceptors (Lipinski definition) is 5. The molecule has 2 aromatic carbocycles. The molecule has 0 amide bonds. The lowest BCUT2D eigenvalue weighted by molar-refractivity contribution is -0.0498. The topological polar surface area (TPSA) is 69.1 Å². The largest absolute Gasteiger partial charge is 0.465 e. The summed E-state index contributed by atoms with van der Waals surface area (Å²) < 4.78 is 36.6. The minimum absolute atomic E-state index is 0.0850. The maximum absolute atomic E-state index is 12.6. The molecule has 3 heterocycles. The first kappa shape index (κ1) is 23.9. The highest BCUT2D eigenvalue weighted by Gasteiger charge is 2.22. The fourth-order valence-corrected chi connectivity index (χ4v) is 5.00. The molecule has 0 unspecified atom stereocenters. The number of benzene rings is 2. The number of methoxy groups -OCH3 is 1. The second-order valence-corrected chi connectivity index (χ2v) is 9.08. The van der Waals surface area contributed by atoms with Crippen LogP contribution < -0.4 is 4.74 Å². The molecule has 0 spiro atoms. The van der Waals surface area contributed by atoms with Gasteiger partial charge in [0, 0.05) is 39.5 Å². The van der Waals surface area contributed by atoms with Crippen molar-refractivity contribution in [2.75, 3.05) is 7.11 Å². The van der Waals surface area contributed by atoms with Gasteiger partial charge in [-0.25, -0.2) is 9.78 Å². The van der Waals surface area contributed by atoms with Gasteiger partial charge in [-0.3, -0.25) is 3.97 Å². The molecule has 6 nitrogen and oxygen atoms in total. The lowest BCUT2D eigenvalue weighted by atomic mass is 10.1. The summed E-state index contributed by atoms with van der Waals surface area (Å²) in [6, 6.07) is 19.6. The Morgan fingerprint density at radius 2 is 1.89 bits per heavy atom.